The molecular weight excluding hydrogens is 549 g/mol. The fourth-order valence-electron chi connectivity index (χ4n) is 4.41. The van der Waals surface area contributed by atoms with Crippen LogP contribution < -0.4 is 20.2 Å². The van der Waals surface area contributed by atoms with E-state index < -0.39 is 17.8 Å². The number of aryl methyl sites for hydroxylation is 1. The minimum absolute atomic E-state index is 0.206. The zero-order valence-corrected chi connectivity index (χ0v) is 24.0. The molecule has 11 heteroatoms. The van der Waals surface area contributed by atoms with Crippen LogP contribution in [0.2, 0.25) is 0 Å². The lowest BCUT2D eigenvalue weighted by Crippen LogP contribution is -2.33. The van der Waals surface area contributed by atoms with Crippen LogP contribution in [0, 0.1) is 5.82 Å². The highest BCUT2D eigenvalue weighted by molar-refractivity contribution is 7.17. The molecule has 0 saturated heterocycles. The first kappa shape index (κ1) is 29.7. The summed E-state index contributed by atoms with van der Waals surface area (Å²) in [6, 6.07) is 11.1. The Morgan fingerprint density at radius 2 is 1.76 bits per heavy atom. The highest BCUT2D eigenvalue weighted by atomic mass is 32.1. The van der Waals surface area contributed by atoms with Gasteiger partial charge >= 0.3 is 17.8 Å². The van der Waals surface area contributed by atoms with Crippen molar-refractivity contribution in [1.29, 1.82) is 0 Å². The van der Waals surface area contributed by atoms with Gasteiger partial charge in [0.2, 0.25) is 0 Å². The molecule has 41 heavy (non-hydrogen) atoms. The summed E-state index contributed by atoms with van der Waals surface area (Å²) < 4.78 is 29.6. The summed E-state index contributed by atoms with van der Waals surface area (Å²) in [7, 11) is 1.50. The molecule has 0 aliphatic heterocycles. The Bertz CT molecular complexity index is 1450. The Morgan fingerprint density at radius 1 is 1.00 bits per heavy atom. The molecule has 1 aromatic heterocycles. The van der Waals surface area contributed by atoms with Gasteiger partial charge in [-0.05, 0) is 81.0 Å². The van der Waals surface area contributed by atoms with Crippen LogP contribution in [0.15, 0.2) is 47.6 Å². The number of fused-ring (bicyclic) bond motifs is 1. The standard InChI is InChI=1S/C30H32FN3O6S/c1-4-39-30(37)26-22-8-6-5-7-9-25(22)41-29(26)32-27(35)28(36)34-33-18(2)20-12-15-23(24(16-20)38-3)40-17-19-10-13-21(31)14-11-19/h10-16H,4-9,17H2,1-3H3,(H,32,35)(H,34,36)/b33-18+. The lowest BCUT2D eigenvalue weighted by molar-refractivity contribution is -0.136. The maximum atomic E-state index is 13.1. The van der Waals surface area contributed by atoms with Gasteiger partial charge in [-0.1, -0.05) is 18.6 Å². The molecule has 2 aromatic carbocycles. The Morgan fingerprint density at radius 3 is 2.49 bits per heavy atom. The number of benzene rings is 2. The van der Waals surface area contributed by atoms with E-state index in [1.54, 1.807) is 44.2 Å². The first-order chi connectivity index (χ1) is 19.8. The predicted octanol–water partition coefficient (Wildman–Crippen LogP) is 5.40. The molecular formula is C30H32FN3O6S. The third kappa shape index (κ3) is 7.49. The fraction of sp³-hybridized carbons (Fsp3) is 0.333. The van der Waals surface area contributed by atoms with E-state index in [0.717, 1.165) is 48.1 Å². The van der Waals surface area contributed by atoms with Gasteiger partial charge in [0.1, 0.15) is 17.4 Å². The molecule has 2 N–H and O–H groups in total. The summed E-state index contributed by atoms with van der Waals surface area (Å²) in [4.78, 5) is 39.1. The van der Waals surface area contributed by atoms with Crippen LogP contribution in [0.4, 0.5) is 9.39 Å². The summed E-state index contributed by atoms with van der Waals surface area (Å²) in [5.41, 5.74) is 5.35. The van der Waals surface area contributed by atoms with Crippen molar-refractivity contribution in [2.45, 2.75) is 52.6 Å². The molecule has 0 unspecified atom stereocenters. The van der Waals surface area contributed by atoms with Crippen LogP contribution >= 0.6 is 11.3 Å². The third-order valence-corrected chi connectivity index (χ3v) is 7.76. The molecule has 3 aromatic rings. The van der Waals surface area contributed by atoms with Crippen LogP contribution in [-0.4, -0.2) is 37.2 Å². The lowest BCUT2D eigenvalue weighted by atomic mass is 10.1. The van der Waals surface area contributed by atoms with Gasteiger partial charge in [-0.2, -0.15) is 5.10 Å². The minimum atomic E-state index is -0.978. The van der Waals surface area contributed by atoms with Crippen molar-refractivity contribution in [3.05, 3.63) is 75.4 Å². The van der Waals surface area contributed by atoms with Gasteiger partial charge in [-0.15, -0.1) is 11.3 Å². The number of hydrogen-bond acceptors (Lipinski definition) is 8. The second-order valence-corrected chi connectivity index (χ2v) is 10.5. The monoisotopic (exact) mass is 581 g/mol. The normalized spacial score (nSPS) is 13.0. The second-order valence-electron chi connectivity index (χ2n) is 9.36. The van der Waals surface area contributed by atoms with Crippen LogP contribution in [0.25, 0.3) is 0 Å². The number of thiophene rings is 1. The number of rotatable bonds is 9. The number of anilines is 1. The van der Waals surface area contributed by atoms with Gasteiger partial charge in [0.25, 0.3) is 0 Å². The topological polar surface area (TPSA) is 115 Å². The van der Waals surface area contributed by atoms with Crippen LogP contribution in [0.5, 0.6) is 11.5 Å². The Balaban J connectivity index is 1.42. The zero-order chi connectivity index (χ0) is 29.4. The Hall–Kier alpha value is -4.25. The molecule has 1 heterocycles. The van der Waals surface area contributed by atoms with Crippen molar-refractivity contribution in [3.8, 4) is 11.5 Å². The van der Waals surface area contributed by atoms with E-state index in [1.807, 2.05) is 0 Å². The molecule has 1 aliphatic rings. The SMILES string of the molecule is CCOC(=O)c1c(NC(=O)C(=O)N/N=C(\C)c2ccc(OCc3ccc(F)cc3)c(OC)c2)sc2c1CCCCC2. The molecule has 216 valence electrons. The predicted molar refractivity (Wildman–Crippen MR) is 154 cm³/mol. The highest BCUT2D eigenvalue weighted by Crippen LogP contribution is 2.38. The average molecular weight is 582 g/mol. The molecule has 0 atom stereocenters. The van der Waals surface area contributed by atoms with E-state index in [9.17, 15) is 18.8 Å². The third-order valence-electron chi connectivity index (χ3n) is 6.55. The van der Waals surface area contributed by atoms with Gasteiger partial charge in [-0.3, -0.25) is 9.59 Å². The number of nitrogens with one attached hydrogen (secondary N) is 2. The van der Waals surface area contributed by atoms with Crippen LogP contribution in [0.1, 0.15) is 65.0 Å². The van der Waals surface area contributed by atoms with E-state index in [1.165, 1.54) is 30.6 Å². The number of hydrazone groups is 1. The number of nitrogens with zero attached hydrogens (tertiary/aromatic N) is 1. The Labute approximate surface area is 241 Å². The largest absolute Gasteiger partial charge is 0.493 e. The fourth-order valence-corrected chi connectivity index (χ4v) is 5.69. The molecule has 2 amide bonds. The lowest BCUT2D eigenvalue weighted by Gasteiger charge is -2.12. The first-order valence-electron chi connectivity index (χ1n) is 13.3. The van der Waals surface area contributed by atoms with Gasteiger partial charge < -0.3 is 19.5 Å². The quantitative estimate of drug-likeness (QED) is 0.115. The van der Waals surface area contributed by atoms with Crippen molar-refractivity contribution in [2.24, 2.45) is 5.10 Å². The zero-order valence-electron chi connectivity index (χ0n) is 23.2. The number of halogens is 1. The van der Waals surface area contributed by atoms with E-state index in [0.29, 0.717) is 33.3 Å². The summed E-state index contributed by atoms with van der Waals surface area (Å²) in [5.74, 6) is -1.83. The highest BCUT2D eigenvalue weighted by Gasteiger charge is 2.28. The van der Waals surface area contributed by atoms with Gasteiger partial charge in [0.05, 0.1) is 25.0 Å². The van der Waals surface area contributed by atoms with Crippen molar-refractivity contribution >= 4 is 39.8 Å². The second kappa shape index (κ2) is 13.9. The number of esters is 1. The maximum absolute atomic E-state index is 13.1. The number of carbonyl (C=O) groups excluding carboxylic acids is 3. The molecule has 0 bridgehead atoms. The molecule has 0 fully saturated rings. The minimum Gasteiger partial charge on any atom is -0.493 e. The van der Waals surface area contributed by atoms with Crippen molar-refractivity contribution in [3.63, 3.8) is 0 Å². The number of ether oxygens (including phenoxy) is 3. The van der Waals surface area contributed by atoms with Gasteiger partial charge in [-0.25, -0.2) is 14.6 Å². The van der Waals surface area contributed by atoms with Crippen LogP contribution in [0.3, 0.4) is 0 Å². The smallest absolute Gasteiger partial charge is 0.341 e. The van der Waals surface area contributed by atoms with Gasteiger partial charge in [0.15, 0.2) is 11.5 Å². The summed E-state index contributed by atoms with van der Waals surface area (Å²) in [6.45, 7) is 3.82. The molecule has 0 saturated carbocycles. The van der Waals surface area contributed by atoms with Crippen molar-refractivity contribution in [1.82, 2.24) is 5.43 Å². The van der Waals surface area contributed by atoms with E-state index in [-0.39, 0.29) is 19.0 Å². The molecule has 1 aliphatic carbocycles. The van der Waals surface area contributed by atoms with Crippen molar-refractivity contribution in [2.75, 3.05) is 19.0 Å². The summed E-state index contributed by atoms with van der Waals surface area (Å²) in [6.07, 6.45) is 4.57. The first-order valence-corrected chi connectivity index (χ1v) is 14.1. The number of hydrogen-bond donors (Lipinski definition) is 2. The number of carbonyl (C=O) groups is 3. The maximum Gasteiger partial charge on any atom is 0.341 e. The number of amides is 2. The average Bonchev–Trinajstić information content (AvgIpc) is 3.15. The summed E-state index contributed by atoms with van der Waals surface area (Å²) >= 11 is 1.31. The number of methoxy groups -OCH3 is 1. The summed E-state index contributed by atoms with van der Waals surface area (Å²) in [5, 5.41) is 6.97. The Kier molecular flexibility index (Phi) is 10.1. The molecule has 9 nitrogen and oxygen atoms in total. The van der Waals surface area contributed by atoms with E-state index >= 15 is 0 Å². The van der Waals surface area contributed by atoms with E-state index in [4.69, 9.17) is 14.2 Å². The molecule has 0 radical (unpaired) electrons. The van der Waals surface area contributed by atoms with Gasteiger partial charge in [0, 0.05) is 10.4 Å². The van der Waals surface area contributed by atoms with Crippen molar-refractivity contribution < 1.29 is 33.0 Å². The molecule has 0 spiro atoms. The van der Waals surface area contributed by atoms with E-state index in [2.05, 4.69) is 15.8 Å². The molecule has 4 rings (SSSR count). The van der Waals surface area contributed by atoms with Crippen LogP contribution in [-0.2, 0) is 33.8 Å².